The zero-order chi connectivity index (χ0) is 19.9. The third-order valence-corrected chi connectivity index (χ3v) is 5.54. The minimum absolute atomic E-state index is 0.0277. The summed E-state index contributed by atoms with van der Waals surface area (Å²) in [6.45, 7) is 3.45. The number of amides is 2. The van der Waals surface area contributed by atoms with Gasteiger partial charge in [-0.1, -0.05) is 0 Å². The van der Waals surface area contributed by atoms with Crippen molar-refractivity contribution in [1.29, 1.82) is 0 Å². The van der Waals surface area contributed by atoms with E-state index in [0.717, 1.165) is 56.8 Å². The number of carbonyl (C=O) groups excluding carboxylic acids is 1. The fourth-order valence-electron chi connectivity index (χ4n) is 3.80. The molecule has 2 aromatic heterocycles. The molecule has 4 rings (SSSR count). The van der Waals surface area contributed by atoms with E-state index in [1.54, 1.807) is 18.7 Å². The van der Waals surface area contributed by atoms with Gasteiger partial charge in [-0.25, -0.2) is 14.8 Å². The number of urea groups is 1. The molecular formula is C21H29N5O3. The summed E-state index contributed by atoms with van der Waals surface area (Å²) in [7, 11) is 0. The lowest BCUT2D eigenvalue weighted by Crippen LogP contribution is -2.46. The van der Waals surface area contributed by atoms with Crippen LogP contribution in [0.25, 0.3) is 5.82 Å². The Labute approximate surface area is 171 Å². The first kappa shape index (κ1) is 19.8. The van der Waals surface area contributed by atoms with E-state index in [-0.39, 0.29) is 18.2 Å². The second-order valence-corrected chi connectivity index (χ2v) is 7.66. The van der Waals surface area contributed by atoms with Gasteiger partial charge in [0.1, 0.15) is 12.1 Å². The number of hydrogen-bond donors (Lipinski definition) is 1. The summed E-state index contributed by atoms with van der Waals surface area (Å²) in [5.41, 5.74) is 1.00. The molecule has 2 aromatic rings. The van der Waals surface area contributed by atoms with Crippen molar-refractivity contribution in [2.75, 3.05) is 26.3 Å². The molecule has 4 heterocycles. The molecule has 29 heavy (non-hydrogen) atoms. The van der Waals surface area contributed by atoms with E-state index in [2.05, 4.69) is 15.3 Å². The number of imidazole rings is 1. The first-order valence-corrected chi connectivity index (χ1v) is 10.5. The monoisotopic (exact) mass is 399 g/mol. The smallest absolute Gasteiger partial charge is 0.317 e. The summed E-state index contributed by atoms with van der Waals surface area (Å²) < 4.78 is 13.6. The Morgan fingerprint density at radius 2 is 2.14 bits per heavy atom. The topological polar surface area (TPSA) is 81.5 Å². The van der Waals surface area contributed by atoms with Crippen molar-refractivity contribution < 1.29 is 14.3 Å². The predicted molar refractivity (Wildman–Crippen MR) is 108 cm³/mol. The maximum Gasteiger partial charge on any atom is 0.317 e. The third kappa shape index (κ3) is 5.55. The van der Waals surface area contributed by atoms with Gasteiger partial charge < -0.3 is 19.7 Å². The highest BCUT2D eigenvalue weighted by Crippen LogP contribution is 2.18. The number of hydrogen-bond acceptors (Lipinski definition) is 5. The first-order chi connectivity index (χ1) is 14.3. The quantitative estimate of drug-likeness (QED) is 0.807. The van der Waals surface area contributed by atoms with Crippen molar-refractivity contribution in [3.05, 3.63) is 42.6 Å². The van der Waals surface area contributed by atoms with Crippen LogP contribution in [0.4, 0.5) is 4.79 Å². The number of piperidine rings is 1. The van der Waals surface area contributed by atoms with E-state index in [1.807, 2.05) is 27.8 Å². The zero-order valence-corrected chi connectivity index (χ0v) is 16.7. The highest BCUT2D eigenvalue weighted by Gasteiger charge is 2.24. The van der Waals surface area contributed by atoms with Crippen molar-refractivity contribution in [1.82, 2.24) is 24.8 Å². The molecule has 0 aliphatic carbocycles. The van der Waals surface area contributed by atoms with E-state index in [9.17, 15) is 4.79 Å². The molecule has 2 fully saturated rings. The van der Waals surface area contributed by atoms with E-state index in [4.69, 9.17) is 9.47 Å². The molecule has 2 aliphatic rings. The molecule has 156 valence electrons. The van der Waals surface area contributed by atoms with Crippen LogP contribution in [0.3, 0.4) is 0 Å². The van der Waals surface area contributed by atoms with Gasteiger partial charge >= 0.3 is 6.03 Å². The molecule has 0 bridgehead atoms. The lowest BCUT2D eigenvalue weighted by Gasteiger charge is -2.33. The third-order valence-electron chi connectivity index (χ3n) is 5.54. The van der Waals surface area contributed by atoms with Crippen LogP contribution >= 0.6 is 0 Å². The minimum Gasteiger partial charge on any atom is -0.376 e. The molecular weight excluding hydrogens is 370 g/mol. The number of aromatic nitrogens is 3. The summed E-state index contributed by atoms with van der Waals surface area (Å²) in [6, 6.07) is 3.84. The van der Waals surface area contributed by atoms with Crippen molar-refractivity contribution in [3.63, 3.8) is 0 Å². The maximum absolute atomic E-state index is 12.5. The van der Waals surface area contributed by atoms with Gasteiger partial charge in [0.25, 0.3) is 0 Å². The normalized spacial score (nSPS) is 20.6. The molecule has 2 saturated heterocycles. The van der Waals surface area contributed by atoms with Crippen LogP contribution in [0.15, 0.2) is 37.1 Å². The Morgan fingerprint density at radius 3 is 2.90 bits per heavy atom. The summed E-state index contributed by atoms with van der Waals surface area (Å²) in [6.07, 6.45) is 12.7. The SMILES string of the molecule is O=C(NCc1ccnc(-n2ccnc2)c1)N1CCC(OCC2CCCCO2)CC1. The molecule has 8 heteroatoms. The average Bonchev–Trinajstić information content (AvgIpc) is 3.32. The summed E-state index contributed by atoms with van der Waals surface area (Å²) in [4.78, 5) is 22.8. The van der Waals surface area contributed by atoms with Gasteiger partial charge in [-0.05, 0) is 49.8 Å². The van der Waals surface area contributed by atoms with Crippen LogP contribution < -0.4 is 5.32 Å². The van der Waals surface area contributed by atoms with Gasteiger partial charge in [-0.3, -0.25) is 4.57 Å². The van der Waals surface area contributed by atoms with Gasteiger partial charge in [-0.2, -0.15) is 0 Å². The number of ether oxygens (including phenoxy) is 2. The van der Waals surface area contributed by atoms with Crippen molar-refractivity contribution in [2.45, 2.75) is 50.9 Å². The lowest BCUT2D eigenvalue weighted by molar-refractivity contribution is -0.0728. The number of nitrogens with one attached hydrogen (secondary N) is 1. The molecule has 2 aliphatic heterocycles. The predicted octanol–water partition coefficient (Wildman–Crippen LogP) is 2.53. The molecule has 2 amide bonds. The van der Waals surface area contributed by atoms with E-state index >= 15 is 0 Å². The number of rotatable bonds is 6. The molecule has 1 N–H and O–H groups in total. The number of likely N-dealkylation sites (tertiary alicyclic amines) is 1. The van der Waals surface area contributed by atoms with Crippen LogP contribution in [0.5, 0.6) is 0 Å². The second kappa shape index (κ2) is 9.84. The van der Waals surface area contributed by atoms with Crippen molar-refractivity contribution in [2.24, 2.45) is 0 Å². The molecule has 8 nitrogen and oxygen atoms in total. The van der Waals surface area contributed by atoms with E-state index in [0.29, 0.717) is 13.2 Å². The van der Waals surface area contributed by atoms with Crippen molar-refractivity contribution >= 4 is 6.03 Å². The maximum atomic E-state index is 12.5. The Kier molecular flexibility index (Phi) is 6.74. The highest BCUT2D eigenvalue weighted by atomic mass is 16.5. The largest absolute Gasteiger partial charge is 0.376 e. The molecule has 0 aromatic carbocycles. The number of pyridine rings is 1. The zero-order valence-electron chi connectivity index (χ0n) is 16.7. The van der Waals surface area contributed by atoms with Gasteiger partial charge in [0, 0.05) is 44.8 Å². The van der Waals surface area contributed by atoms with E-state index in [1.165, 1.54) is 6.42 Å². The minimum atomic E-state index is -0.0277. The summed E-state index contributed by atoms with van der Waals surface area (Å²) >= 11 is 0. The highest BCUT2D eigenvalue weighted by molar-refractivity contribution is 5.74. The first-order valence-electron chi connectivity index (χ1n) is 10.5. The van der Waals surface area contributed by atoms with Crippen LogP contribution in [-0.4, -0.2) is 64.0 Å². The Bertz CT molecular complexity index is 768. The van der Waals surface area contributed by atoms with Gasteiger partial charge in [0.15, 0.2) is 0 Å². The molecule has 1 unspecified atom stereocenters. The fourth-order valence-corrected chi connectivity index (χ4v) is 3.80. The molecule has 0 radical (unpaired) electrons. The van der Waals surface area contributed by atoms with Crippen LogP contribution in [0, 0.1) is 0 Å². The van der Waals surface area contributed by atoms with Gasteiger partial charge in [-0.15, -0.1) is 0 Å². The lowest BCUT2D eigenvalue weighted by atomic mass is 10.1. The summed E-state index contributed by atoms with van der Waals surface area (Å²) in [5.74, 6) is 0.786. The van der Waals surface area contributed by atoms with Gasteiger partial charge in [0.05, 0.1) is 18.8 Å². The van der Waals surface area contributed by atoms with E-state index < -0.39 is 0 Å². The Morgan fingerprint density at radius 1 is 1.24 bits per heavy atom. The summed E-state index contributed by atoms with van der Waals surface area (Å²) in [5, 5.41) is 3.01. The number of nitrogens with zero attached hydrogens (tertiary/aromatic N) is 4. The molecule has 0 spiro atoms. The fraction of sp³-hybridized carbons (Fsp3) is 0.571. The van der Waals surface area contributed by atoms with Crippen molar-refractivity contribution in [3.8, 4) is 5.82 Å². The van der Waals surface area contributed by atoms with Crippen LogP contribution in [-0.2, 0) is 16.0 Å². The average molecular weight is 399 g/mol. The molecule has 0 saturated carbocycles. The Hall–Kier alpha value is -2.45. The van der Waals surface area contributed by atoms with Gasteiger partial charge in [0.2, 0.25) is 0 Å². The van der Waals surface area contributed by atoms with Crippen LogP contribution in [0.2, 0.25) is 0 Å². The second-order valence-electron chi connectivity index (χ2n) is 7.66. The van der Waals surface area contributed by atoms with Crippen LogP contribution in [0.1, 0.15) is 37.7 Å². The Balaban J connectivity index is 1.19. The number of carbonyl (C=O) groups is 1. The standard InChI is InChI=1S/C21H29N5O3/c27-21(24-14-17-4-7-23-20(13-17)26-11-8-22-16-26)25-9-5-18(6-10-25)29-15-19-3-1-2-12-28-19/h4,7-8,11,13,16,18-19H,1-3,5-6,9-10,12,14-15H2,(H,24,27). The molecule has 1 atom stereocenters.